The number of imidazole rings is 1. The summed E-state index contributed by atoms with van der Waals surface area (Å²) < 4.78 is 0. The quantitative estimate of drug-likeness (QED) is 0.443. The Labute approximate surface area is 108 Å². The number of aromatic nitrogens is 2. The molecule has 7 heteroatoms. The van der Waals surface area contributed by atoms with Gasteiger partial charge in [0, 0.05) is 14.1 Å². The van der Waals surface area contributed by atoms with Gasteiger partial charge in [-0.3, -0.25) is 0 Å². The van der Waals surface area contributed by atoms with Crippen molar-refractivity contribution in [1.82, 2.24) is 9.97 Å². The van der Waals surface area contributed by atoms with Crippen molar-refractivity contribution in [2.45, 2.75) is 0 Å². The molecule has 0 aliphatic carbocycles. The van der Waals surface area contributed by atoms with Crippen LogP contribution < -0.4 is 16.3 Å². The highest BCUT2D eigenvalue weighted by molar-refractivity contribution is 6.28. The number of hydrogen-bond acceptors (Lipinski definition) is 3. The molecular weight excluding hydrogens is 254 g/mol. The third-order valence-electron chi connectivity index (χ3n) is 2.49. The molecule has 18 heavy (non-hydrogen) atoms. The van der Waals surface area contributed by atoms with Gasteiger partial charge < -0.3 is 20.6 Å². The van der Waals surface area contributed by atoms with E-state index in [2.05, 4.69) is 15.0 Å². The van der Waals surface area contributed by atoms with E-state index in [4.69, 9.17) is 17.3 Å². The van der Waals surface area contributed by atoms with Crippen LogP contribution in [-0.2, 0) is 0 Å². The molecule has 0 radical (unpaired) electrons. The zero-order chi connectivity index (χ0) is 13.3. The maximum absolute atomic E-state index is 11.3. The molecule has 1 aromatic heterocycles. The fourth-order valence-electron chi connectivity index (χ4n) is 1.69. The Balaban J connectivity index is 2.68. The molecule has 96 valence electrons. The number of nitrogens with one attached hydrogen (secondary N) is 2. The van der Waals surface area contributed by atoms with E-state index >= 15 is 0 Å². The largest absolute Gasteiger partial charge is 0.386 e. The lowest BCUT2D eigenvalue weighted by Gasteiger charge is -2.15. The molecule has 0 aliphatic heterocycles. The van der Waals surface area contributed by atoms with Gasteiger partial charge in [0.2, 0.25) is 0 Å². The van der Waals surface area contributed by atoms with E-state index in [1.807, 2.05) is 25.1 Å². The number of halogens is 1. The first-order valence-electron chi connectivity index (χ1n) is 5.33. The molecule has 6 nitrogen and oxygen atoms in total. The van der Waals surface area contributed by atoms with E-state index in [1.165, 1.54) is 0 Å². The first-order valence-corrected chi connectivity index (χ1v) is 5.87. The van der Waals surface area contributed by atoms with Crippen molar-refractivity contribution in [3.05, 3.63) is 22.6 Å². The number of nitrogens with two attached hydrogens (primary N) is 1. The number of benzene rings is 1. The van der Waals surface area contributed by atoms with Gasteiger partial charge in [-0.15, -0.1) is 11.6 Å². The second-order valence-corrected chi connectivity index (χ2v) is 4.36. The number of rotatable bonds is 3. The van der Waals surface area contributed by atoms with Gasteiger partial charge >= 0.3 is 5.69 Å². The summed E-state index contributed by atoms with van der Waals surface area (Å²) in [5.41, 5.74) is 8.33. The Morgan fingerprint density at radius 2 is 2.00 bits per heavy atom. The van der Waals surface area contributed by atoms with E-state index in [0.29, 0.717) is 17.0 Å². The van der Waals surface area contributed by atoms with Gasteiger partial charge in [-0.05, 0) is 12.1 Å². The van der Waals surface area contributed by atoms with Crippen LogP contribution in [0.15, 0.2) is 21.9 Å². The number of anilines is 1. The van der Waals surface area contributed by atoms with Crippen molar-refractivity contribution in [3.8, 4) is 0 Å². The fourth-order valence-corrected chi connectivity index (χ4v) is 1.75. The van der Waals surface area contributed by atoms with Crippen LogP contribution in [0.4, 0.5) is 11.4 Å². The van der Waals surface area contributed by atoms with Crippen molar-refractivity contribution in [1.29, 1.82) is 0 Å². The monoisotopic (exact) mass is 267 g/mol. The summed E-state index contributed by atoms with van der Waals surface area (Å²) in [4.78, 5) is 22.8. The minimum absolute atomic E-state index is 0.161. The van der Waals surface area contributed by atoms with Crippen molar-refractivity contribution < 1.29 is 0 Å². The number of aliphatic imine (C=N–C) groups is 1. The minimum Gasteiger partial charge on any atom is -0.386 e. The molecule has 0 saturated heterocycles. The molecule has 2 aromatic rings. The molecule has 0 spiro atoms. The zero-order valence-electron chi connectivity index (χ0n) is 10.1. The van der Waals surface area contributed by atoms with Crippen LogP contribution >= 0.6 is 11.6 Å². The molecule has 0 atom stereocenters. The van der Waals surface area contributed by atoms with E-state index in [9.17, 15) is 4.79 Å². The smallest absolute Gasteiger partial charge is 0.323 e. The van der Waals surface area contributed by atoms with E-state index in [1.54, 1.807) is 6.07 Å². The maximum atomic E-state index is 11.3. The van der Waals surface area contributed by atoms with Crippen molar-refractivity contribution in [2.24, 2.45) is 10.7 Å². The Bertz CT molecular complexity index is 655. The SMILES string of the molecule is CN(C)c1cc2[nH]c(=O)[nH]c2cc1N=C(N)CCl. The highest BCUT2D eigenvalue weighted by Crippen LogP contribution is 2.30. The molecule has 0 unspecified atom stereocenters. The summed E-state index contributed by atoms with van der Waals surface area (Å²) in [6.07, 6.45) is 0. The average molecular weight is 268 g/mol. The fraction of sp³-hybridized carbons (Fsp3) is 0.273. The lowest BCUT2D eigenvalue weighted by atomic mass is 10.2. The van der Waals surface area contributed by atoms with Crippen LogP contribution in [0.5, 0.6) is 0 Å². The van der Waals surface area contributed by atoms with E-state index in [-0.39, 0.29) is 11.6 Å². The second kappa shape index (κ2) is 4.73. The lowest BCUT2D eigenvalue weighted by molar-refractivity contribution is 1.13. The standard InChI is InChI=1S/C11H14ClN5O/c1-17(2)9-4-7-6(15-11(18)16-7)3-8(9)14-10(13)5-12/h3-4H,5H2,1-2H3,(H2,13,14)(H2,15,16,18). The van der Waals surface area contributed by atoms with Crippen molar-refractivity contribution in [2.75, 3.05) is 24.9 Å². The highest BCUT2D eigenvalue weighted by Gasteiger charge is 2.09. The molecule has 1 heterocycles. The molecule has 4 N–H and O–H groups in total. The number of nitrogens with zero attached hydrogens (tertiary/aromatic N) is 2. The summed E-state index contributed by atoms with van der Waals surface area (Å²) >= 11 is 5.62. The normalized spacial score (nSPS) is 12.1. The molecular formula is C11H14ClN5O. The first kappa shape index (κ1) is 12.5. The third-order valence-corrected chi connectivity index (χ3v) is 2.77. The van der Waals surface area contributed by atoms with Gasteiger partial charge in [-0.25, -0.2) is 9.79 Å². The number of hydrogen-bond donors (Lipinski definition) is 3. The van der Waals surface area contributed by atoms with Gasteiger partial charge in [0.25, 0.3) is 0 Å². The van der Waals surface area contributed by atoms with Crippen LogP contribution in [0.25, 0.3) is 11.0 Å². The molecule has 0 aliphatic rings. The summed E-state index contributed by atoms with van der Waals surface area (Å²) in [6.45, 7) is 0. The van der Waals surface area contributed by atoms with Crippen LogP contribution in [0.3, 0.4) is 0 Å². The van der Waals surface area contributed by atoms with Crippen molar-refractivity contribution >= 4 is 39.8 Å². The van der Waals surface area contributed by atoms with Gasteiger partial charge in [0.15, 0.2) is 0 Å². The number of alkyl halides is 1. The number of aromatic amines is 2. The van der Waals surface area contributed by atoms with Crippen LogP contribution in [0, 0.1) is 0 Å². The topological polar surface area (TPSA) is 90.3 Å². The van der Waals surface area contributed by atoms with Crippen LogP contribution in [0.2, 0.25) is 0 Å². The average Bonchev–Trinajstić information content (AvgIpc) is 2.66. The maximum Gasteiger partial charge on any atom is 0.323 e. The molecule has 0 amide bonds. The first-order chi connectivity index (χ1) is 8.51. The third kappa shape index (κ3) is 2.33. The molecule has 0 bridgehead atoms. The highest BCUT2D eigenvalue weighted by atomic mass is 35.5. The Morgan fingerprint density at radius 1 is 1.39 bits per heavy atom. The summed E-state index contributed by atoms with van der Waals surface area (Å²) in [5.74, 6) is 0.492. The summed E-state index contributed by atoms with van der Waals surface area (Å²) in [5, 5.41) is 0. The lowest BCUT2D eigenvalue weighted by Crippen LogP contribution is -2.13. The molecule has 0 saturated carbocycles. The molecule has 1 aromatic carbocycles. The minimum atomic E-state index is -0.249. The van der Waals surface area contributed by atoms with Gasteiger partial charge in [-0.2, -0.15) is 0 Å². The predicted molar refractivity (Wildman–Crippen MR) is 75.2 cm³/mol. The Morgan fingerprint density at radius 3 is 2.56 bits per heavy atom. The number of amidine groups is 1. The summed E-state index contributed by atoms with van der Waals surface area (Å²) in [6, 6.07) is 3.61. The predicted octanol–water partition coefficient (Wildman–Crippen LogP) is 1.15. The number of fused-ring (bicyclic) bond motifs is 1. The molecule has 0 fully saturated rings. The Hall–Kier alpha value is -1.95. The second-order valence-electron chi connectivity index (χ2n) is 4.10. The zero-order valence-corrected chi connectivity index (χ0v) is 10.9. The van der Waals surface area contributed by atoms with Gasteiger partial charge in [-0.1, -0.05) is 0 Å². The molecule has 2 rings (SSSR count). The van der Waals surface area contributed by atoms with Gasteiger partial charge in [0.1, 0.15) is 5.84 Å². The number of H-pyrrole nitrogens is 2. The van der Waals surface area contributed by atoms with Crippen LogP contribution in [-0.4, -0.2) is 35.8 Å². The van der Waals surface area contributed by atoms with Gasteiger partial charge in [0.05, 0.1) is 28.3 Å². The van der Waals surface area contributed by atoms with E-state index in [0.717, 1.165) is 11.2 Å². The summed E-state index contributed by atoms with van der Waals surface area (Å²) in [7, 11) is 3.78. The van der Waals surface area contributed by atoms with E-state index < -0.39 is 0 Å². The van der Waals surface area contributed by atoms with Crippen molar-refractivity contribution in [3.63, 3.8) is 0 Å². The Kier molecular flexibility index (Phi) is 3.29. The van der Waals surface area contributed by atoms with Crippen LogP contribution in [0.1, 0.15) is 0 Å².